The summed E-state index contributed by atoms with van der Waals surface area (Å²) in [5, 5.41) is 14.0. The van der Waals surface area contributed by atoms with E-state index in [1.165, 1.54) is 12.1 Å². The number of nitro groups is 1. The summed E-state index contributed by atoms with van der Waals surface area (Å²) in [4.78, 5) is 22.4. The normalized spacial score (nSPS) is 10.3. The second-order valence-corrected chi connectivity index (χ2v) is 5.78. The fourth-order valence-electron chi connectivity index (χ4n) is 2.35. The first-order chi connectivity index (χ1) is 12.0. The average Bonchev–Trinajstić information content (AvgIpc) is 2.62. The first kappa shape index (κ1) is 16.7. The number of non-ortho nitro benzene ring substituents is 1. The molecule has 25 heavy (non-hydrogen) atoms. The molecule has 3 aromatic rings. The quantitative estimate of drug-likeness (QED) is 0.520. The molecule has 0 heterocycles. The smallest absolute Gasteiger partial charge is 0.269 e. The molecular weight excluding hydrogens is 340 g/mol. The van der Waals surface area contributed by atoms with Crippen molar-refractivity contribution in [3.63, 3.8) is 0 Å². The third-order valence-corrected chi connectivity index (χ3v) is 3.88. The average molecular weight is 353 g/mol. The molecule has 0 aliphatic carbocycles. The van der Waals surface area contributed by atoms with E-state index in [4.69, 9.17) is 11.6 Å². The van der Waals surface area contributed by atoms with Gasteiger partial charge in [0.15, 0.2) is 0 Å². The number of nitrogens with zero attached hydrogens (tertiary/aromatic N) is 1. The van der Waals surface area contributed by atoms with Gasteiger partial charge in [-0.3, -0.25) is 14.9 Å². The van der Waals surface area contributed by atoms with E-state index in [2.05, 4.69) is 5.32 Å². The van der Waals surface area contributed by atoms with Gasteiger partial charge in [0.1, 0.15) is 0 Å². The number of benzene rings is 3. The molecule has 0 radical (unpaired) electrons. The van der Waals surface area contributed by atoms with Crippen LogP contribution in [0.3, 0.4) is 0 Å². The Morgan fingerprint density at radius 1 is 0.920 bits per heavy atom. The minimum atomic E-state index is -0.432. The highest BCUT2D eigenvalue weighted by molar-refractivity contribution is 6.31. The molecule has 0 aliphatic rings. The summed E-state index contributed by atoms with van der Waals surface area (Å²) in [5.74, 6) is -0.245. The number of amides is 1. The Hall–Kier alpha value is -3.18. The molecule has 0 aliphatic heterocycles. The van der Waals surface area contributed by atoms with Gasteiger partial charge in [0.25, 0.3) is 11.6 Å². The van der Waals surface area contributed by atoms with E-state index < -0.39 is 4.92 Å². The number of halogens is 1. The maximum Gasteiger partial charge on any atom is 0.269 e. The molecule has 0 fully saturated rings. The minimum absolute atomic E-state index is 0.0501. The zero-order valence-electron chi connectivity index (χ0n) is 13.0. The standard InChI is InChI=1S/C19H13ClN2O3/c20-16-3-1-2-15(12-16)19(23)21-17-8-4-13(5-9-17)14-6-10-18(11-7-14)22(24)25/h1-12H,(H,21,23). The number of anilines is 1. The van der Waals surface area contributed by atoms with Crippen LogP contribution in [0.2, 0.25) is 5.02 Å². The van der Waals surface area contributed by atoms with Gasteiger partial charge in [-0.25, -0.2) is 0 Å². The van der Waals surface area contributed by atoms with Crippen LogP contribution in [0.1, 0.15) is 10.4 Å². The summed E-state index contributed by atoms with van der Waals surface area (Å²) in [6, 6.07) is 20.3. The first-order valence-corrected chi connectivity index (χ1v) is 7.82. The maximum atomic E-state index is 12.2. The second-order valence-electron chi connectivity index (χ2n) is 5.35. The summed E-state index contributed by atoms with van der Waals surface area (Å²) in [6.45, 7) is 0. The van der Waals surface area contributed by atoms with Gasteiger partial charge in [0, 0.05) is 28.4 Å². The van der Waals surface area contributed by atoms with Crippen molar-refractivity contribution in [3.05, 3.63) is 93.5 Å². The summed E-state index contributed by atoms with van der Waals surface area (Å²) in [5.41, 5.74) is 2.94. The van der Waals surface area contributed by atoms with E-state index in [9.17, 15) is 14.9 Å². The van der Waals surface area contributed by atoms with Crippen LogP contribution in [0.5, 0.6) is 0 Å². The zero-order chi connectivity index (χ0) is 17.8. The predicted octanol–water partition coefficient (Wildman–Crippen LogP) is 5.17. The van der Waals surface area contributed by atoms with Crippen LogP contribution >= 0.6 is 11.6 Å². The van der Waals surface area contributed by atoms with Crippen molar-refractivity contribution in [1.82, 2.24) is 0 Å². The fourth-order valence-corrected chi connectivity index (χ4v) is 2.54. The molecule has 0 spiro atoms. The molecule has 3 rings (SSSR count). The van der Waals surface area contributed by atoms with Gasteiger partial charge < -0.3 is 5.32 Å². The van der Waals surface area contributed by atoms with Crippen LogP contribution in [-0.4, -0.2) is 10.8 Å². The van der Waals surface area contributed by atoms with Crippen molar-refractivity contribution in [2.45, 2.75) is 0 Å². The summed E-state index contributed by atoms with van der Waals surface area (Å²) in [7, 11) is 0. The molecule has 0 saturated carbocycles. The minimum Gasteiger partial charge on any atom is -0.322 e. The van der Waals surface area contributed by atoms with Crippen LogP contribution in [0.15, 0.2) is 72.8 Å². The lowest BCUT2D eigenvalue weighted by atomic mass is 10.0. The van der Waals surface area contributed by atoms with Crippen molar-refractivity contribution >= 4 is 28.9 Å². The van der Waals surface area contributed by atoms with Crippen molar-refractivity contribution in [2.24, 2.45) is 0 Å². The van der Waals surface area contributed by atoms with Crippen molar-refractivity contribution in [2.75, 3.05) is 5.32 Å². The monoisotopic (exact) mass is 352 g/mol. The van der Waals surface area contributed by atoms with E-state index >= 15 is 0 Å². The maximum absolute atomic E-state index is 12.2. The summed E-state index contributed by atoms with van der Waals surface area (Å²) in [6.07, 6.45) is 0. The van der Waals surface area contributed by atoms with E-state index in [0.717, 1.165) is 11.1 Å². The van der Waals surface area contributed by atoms with Gasteiger partial charge in [-0.15, -0.1) is 0 Å². The molecule has 1 N–H and O–H groups in total. The predicted molar refractivity (Wildman–Crippen MR) is 97.9 cm³/mol. The lowest BCUT2D eigenvalue weighted by molar-refractivity contribution is -0.384. The molecule has 1 amide bonds. The number of carbonyl (C=O) groups excluding carboxylic acids is 1. The van der Waals surface area contributed by atoms with E-state index in [0.29, 0.717) is 16.3 Å². The van der Waals surface area contributed by atoms with Crippen LogP contribution in [-0.2, 0) is 0 Å². The molecule has 0 aromatic heterocycles. The van der Waals surface area contributed by atoms with E-state index in [1.807, 2.05) is 12.1 Å². The van der Waals surface area contributed by atoms with Crippen LogP contribution < -0.4 is 5.32 Å². The number of carbonyl (C=O) groups is 1. The van der Waals surface area contributed by atoms with Gasteiger partial charge in [0.05, 0.1) is 4.92 Å². The third kappa shape index (κ3) is 4.02. The molecule has 0 saturated heterocycles. The van der Waals surface area contributed by atoms with E-state index in [-0.39, 0.29) is 11.6 Å². The summed E-state index contributed by atoms with van der Waals surface area (Å²) >= 11 is 5.89. The van der Waals surface area contributed by atoms with Gasteiger partial charge in [-0.1, -0.05) is 29.8 Å². The largest absolute Gasteiger partial charge is 0.322 e. The van der Waals surface area contributed by atoms with Crippen molar-refractivity contribution in [3.8, 4) is 11.1 Å². The molecule has 0 atom stereocenters. The topological polar surface area (TPSA) is 72.2 Å². The molecule has 6 heteroatoms. The Morgan fingerprint density at radius 3 is 2.08 bits per heavy atom. The highest BCUT2D eigenvalue weighted by Gasteiger charge is 2.08. The van der Waals surface area contributed by atoms with Crippen LogP contribution in [0, 0.1) is 10.1 Å². The molecule has 0 bridgehead atoms. The Bertz CT molecular complexity index is 922. The van der Waals surface area contributed by atoms with Gasteiger partial charge in [-0.05, 0) is 53.6 Å². The fraction of sp³-hybridized carbons (Fsp3) is 0. The summed E-state index contributed by atoms with van der Waals surface area (Å²) < 4.78 is 0. The van der Waals surface area contributed by atoms with Crippen LogP contribution in [0.4, 0.5) is 11.4 Å². The number of hydrogen-bond donors (Lipinski definition) is 1. The highest BCUT2D eigenvalue weighted by atomic mass is 35.5. The molecule has 3 aromatic carbocycles. The Balaban J connectivity index is 1.73. The Labute approximate surface area is 149 Å². The molecule has 124 valence electrons. The van der Waals surface area contributed by atoms with E-state index in [1.54, 1.807) is 48.5 Å². The second kappa shape index (κ2) is 7.15. The zero-order valence-corrected chi connectivity index (χ0v) is 13.7. The lowest BCUT2D eigenvalue weighted by Gasteiger charge is -2.07. The van der Waals surface area contributed by atoms with Crippen LogP contribution in [0.25, 0.3) is 11.1 Å². The van der Waals surface area contributed by atoms with Gasteiger partial charge in [0.2, 0.25) is 0 Å². The first-order valence-electron chi connectivity index (χ1n) is 7.45. The van der Waals surface area contributed by atoms with Gasteiger partial charge >= 0.3 is 0 Å². The van der Waals surface area contributed by atoms with Crippen molar-refractivity contribution in [1.29, 1.82) is 0 Å². The number of nitrogens with one attached hydrogen (secondary N) is 1. The number of rotatable bonds is 4. The highest BCUT2D eigenvalue weighted by Crippen LogP contribution is 2.24. The Morgan fingerprint density at radius 2 is 1.52 bits per heavy atom. The number of hydrogen-bond acceptors (Lipinski definition) is 3. The SMILES string of the molecule is O=C(Nc1ccc(-c2ccc([N+](=O)[O-])cc2)cc1)c1cccc(Cl)c1. The molecular formula is C19H13ClN2O3. The lowest BCUT2D eigenvalue weighted by Crippen LogP contribution is -2.11. The Kier molecular flexibility index (Phi) is 4.77. The molecule has 0 unspecified atom stereocenters. The van der Waals surface area contributed by atoms with Gasteiger partial charge in [-0.2, -0.15) is 0 Å². The molecule has 5 nitrogen and oxygen atoms in total. The third-order valence-electron chi connectivity index (χ3n) is 3.64. The number of nitro benzene ring substituents is 1. The van der Waals surface area contributed by atoms with Crippen molar-refractivity contribution < 1.29 is 9.72 Å².